The molecule has 0 aromatic heterocycles. The van der Waals surface area contributed by atoms with E-state index in [-0.39, 0.29) is 29.4 Å². The number of hydrogen-bond acceptors (Lipinski definition) is 4. The molecule has 2 heterocycles. The fourth-order valence-electron chi connectivity index (χ4n) is 8.14. The quantitative estimate of drug-likeness (QED) is 0.350. The van der Waals surface area contributed by atoms with Crippen molar-refractivity contribution < 1.29 is 9.59 Å². The minimum absolute atomic E-state index is 0.00771. The van der Waals surface area contributed by atoms with Crippen LogP contribution in [-0.2, 0) is 9.59 Å². The Hall–Kier alpha value is -2.70. The smallest absolute Gasteiger partial charge is 0.219 e. The molecule has 5 rings (SSSR count). The molecule has 0 radical (unpaired) electrons. The van der Waals surface area contributed by atoms with Crippen molar-refractivity contribution in [1.29, 1.82) is 0 Å². The average Bonchev–Trinajstić information content (AvgIpc) is 3.74. The van der Waals surface area contributed by atoms with Gasteiger partial charge in [0.25, 0.3) is 0 Å². The van der Waals surface area contributed by atoms with Crippen LogP contribution in [0.2, 0.25) is 0 Å². The molecular formula is C37H54N4O2. The first kappa shape index (κ1) is 31.7. The highest BCUT2D eigenvalue weighted by molar-refractivity contribution is 5.74. The third kappa shape index (κ3) is 6.71. The topological polar surface area (TPSA) is 47.1 Å². The van der Waals surface area contributed by atoms with Gasteiger partial charge in [0.05, 0.1) is 12.1 Å². The molecule has 43 heavy (non-hydrogen) atoms. The fraction of sp³-hybridized carbons (Fsp3) is 0.622. The van der Waals surface area contributed by atoms with Crippen molar-refractivity contribution in [1.82, 2.24) is 19.6 Å². The van der Waals surface area contributed by atoms with Crippen molar-refractivity contribution >= 4 is 11.8 Å². The zero-order valence-corrected chi connectivity index (χ0v) is 27.8. The number of nitrogens with zero attached hydrogens (tertiary/aromatic N) is 4. The van der Waals surface area contributed by atoms with E-state index in [1.165, 1.54) is 28.7 Å². The van der Waals surface area contributed by atoms with Crippen LogP contribution in [0.3, 0.4) is 0 Å². The molecule has 4 atom stereocenters. The van der Waals surface area contributed by atoms with Gasteiger partial charge in [0, 0.05) is 64.7 Å². The van der Waals surface area contributed by atoms with Gasteiger partial charge in [-0.3, -0.25) is 19.4 Å². The molecule has 4 unspecified atom stereocenters. The standard InChI is InChI=1S/C37H54N4O2/c1-25(2)30-13-9-11-15-32(30)36-24-39(28(6)43)18-20-41(36)37(7,8)22-29-21-34(29)31-14-10-12-16-33(31)35-23-38(27(5)42)17-19-40(35)26(3)4/h9-16,25-26,29,34-36H,17-24H2,1-8H3. The molecule has 6 nitrogen and oxygen atoms in total. The van der Waals surface area contributed by atoms with Crippen LogP contribution in [-0.4, -0.2) is 82.3 Å². The van der Waals surface area contributed by atoms with Crippen molar-refractivity contribution in [3.05, 3.63) is 70.8 Å². The summed E-state index contributed by atoms with van der Waals surface area (Å²) in [6, 6.07) is 18.8. The van der Waals surface area contributed by atoms with Crippen molar-refractivity contribution in [2.24, 2.45) is 5.92 Å². The summed E-state index contributed by atoms with van der Waals surface area (Å²) in [5.74, 6) is 1.96. The van der Waals surface area contributed by atoms with Crippen LogP contribution in [0.4, 0.5) is 0 Å². The molecule has 0 spiro atoms. The Morgan fingerprint density at radius 3 is 1.93 bits per heavy atom. The summed E-state index contributed by atoms with van der Waals surface area (Å²) in [6.07, 6.45) is 2.34. The molecule has 3 aliphatic rings. The van der Waals surface area contributed by atoms with E-state index in [1.54, 1.807) is 13.8 Å². The van der Waals surface area contributed by atoms with Gasteiger partial charge < -0.3 is 9.80 Å². The van der Waals surface area contributed by atoms with E-state index >= 15 is 0 Å². The zero-order valence-electron chi connectivity index (χ0n) is 27.8. The third-order valence-corrected chi connectivity index (χ3v) is 10.5. The minimum Gasteiger partial charge on any atom is -0.340 e. The van der Waals surface area contributed by atoms with Gasteiger partial charge in [-0.1, -0.05) is 62.4 Å². The van der Waals surface area contributed by atoms with Crippen LogP contribution in [0.5, 0.6) is 0 Å². The van der Waals surface area contributed by atoms with E-state index in [1.807, 2.05) is 9.80 Å². The summed E-state index contributed by atoms with van der Waals surface area (Å²) in [5, 5.41) is 0. The molecule has 2 aliphatic heterocycles. The predicted octanol–water partition coefficient (Wildman–Crippen LogP) is 6.60. The highest BCUT2D eigenvalue weighted by Gasteiger charge is 2.47. The van der Waals surface area contributed by atoms with Crippen molar-refractivity contribution in [2.75, 3.05) is 39.3 Å². The van der Waals surface area contributed by atoms with Gasteiger partial charge in [0.15, 0.2) is 0 Å². The van der Waals surface area contributed by atoms with Crippen LogP contribution >= 0.6 is 0 Å². The minimum atomic E-state index is -0.00771. The van der Waals surface area contributed by atoms with Crippen LogP contribution in [0.15, 0.2) is 48.5 Å². The van der Waals surface area contributed by atoms with E-state index in [0.717, 1.165) is 45.7 Å². The van der Waals surface area contributed by atoms with E-state index in [0.29, 0.717) is 23.8 Å². The number of benzene rings is 2. The van der Waals surface area contributed by atoms with Gasteiger partial charge in [0.1, 0.15) is 0 Å². The van der Waals surface area contributed by atoms with Crippen molar-refractivity contribution in [2.45, 2.75) is 104 Å². The molecule has 2 aromatic carbocycles. The zero-order chi connectivity index (χ0) is 31.1. The second-order valence-electron chi connectivity index (χ2n) is 14.5. The first-order valence-electron chi connectivity index (χ1n) is 16.6. The van der Waals surface area contributed by atoms with E-state index in [9.17, 15) is 9.59 Å². The van der Waals surface area contributed by atoms with Crippen LogP contribution in [0.25, 0.3) is 0 Å². The lowest BCUT2D eigenvalue weighted by molar-refractivity contribution is -0.134. The molecule has 234 valence electrons. The Labute approximate surface area is 260 Å². The molecule has 0 bridgehead atoms. The van der Waals surface area contributed by atoms with E-state index in [2.05, 4.69) is 99.9 Å². The summed E-state index contributed by atoms with van der Waals surface area (Å²) in [7, 11) is 0. The first-order chi connectivity index (χ1) is 20.4. The summed E-state index contributed by atoms with van der Waals surface area (Å²) in [6.45, 7) is 22.3. The Kier molecular flexibility index (Phi) is 9.39. The summed E-state index contributed by atoms with van der Waals surface area (Å²) in [5.41, 5.74) is 5.64. The van der Waals surface area contributed by atoms with Gasteiger partial charge in [0.2, 0.25) is 11.8 Å². The molecule has 1 saturated carbocycles. The maximum atomic E-state index is 12.5. The molecule has 2 aromatic rings. The number of carbonyl (C=O) groups excluding carboxylic acids is 2. The molecule has 1 aliphatic carbocycles. The Morgan fingerprint density at radius 2 is 1.33 bits per heavy atom. The van der Waals surface area contributed by atoms with Gasteiger partial charge in [-0.25, -0.2) is 0 Å². The predicted molar refractivity (Wildman–Crippen MR) is 175 cm³/mol. The highest BCUT2D eigenvalue weighted by Crippen LogP contribution is 2.55. The number of rotatable bonds is 8. The molecule has 2 saturated heterocycles. The van der Waals surface area contributed by atoms with Gasteiger partial charge in [-0.05, 0) is 80.5 Å². The lowest BCUT2D eigenvalue weighted by Gasteiger charge is -2.50. The summed E-state index contributed by atoms with van der Waals surface area (Å²) >= 11 is 0. The molecular weight excluding hydrogens is 532 g/mol. The second kappa shape index (κ2) is 12.7. The van der Waals surface area contributed by atoms with Crippen LogP contribution in [0.1, 0.15) is 114 Å². The number of amides is 2. The maximum absolute atomic E-state index is 12.5. The Balaban J connectivity index is 1.38. The number of carbonyl (C=O) groups is 2. The summed E-state index contributed by atoms with van der Waals surface area (Å²) in [4.78, 5) is 34.2. The monoisotopic (exact) mass is 586 g/mol. The molecule has 3 fully saturated rings. The second-order valence-corrected chi connectivity index (χ2v) is 14.5. The van der Waals surface area contributed by atoms with Crippen molar-refractivity contribution in [3.8, 4) is 0 Å². The van der Waals surface area contributed by atoms with Crippen molar-refractivity contribution in [3.63, 3.8) is 0 Å². The van der Waals surface area contributed by atoms with E-state index in [4.69, 9.17) is 0 Å². The van der Waals surface area contributed by atoms with Gasteiger partial charge in [-0.15, -0.1) is 0 Å². The molecule has 6 heteroatoms. The molecule has 0 N–H and O–H groups in total. The highest BCUT2D eigenvalue weighted by atomic mass is 16.2. The summed E-state index contributed by atoms with van der Waals surface area (Å²) < 4.78 is 0. The number of hydrogen-bond donors (Lipinski definition) is 0. The van der Waals surface area contributed by atoms with E-state index < -0.39 is 0 Å². The normalized spacial score (nSPS) is 25.4. The fourth-order valence-corrected chi connectivity index (χ4v) is 8.14. The third-order valence-electron chi connectivity index (χ3n) is 10.5. The number of piperazine rings is 2. The lowest BCUT2D eigenvalue weighted by atomic mass is 9.85. The maximum Gasteiger partial charge on any atom is 0.219 e. The van der Waals surface area contributed by atoms with Gasteiger partial charge in [-0.2, -0.15) is 0 Å². The first-order valence-corrected chi connectivity index (χ1v) is 16.6. The Bertz CT molecular complexity index is 1300. The van der Waals surface area contributed by atoms with Crippen LogP contribution in [0, 0.1) is 5.92 Å². The molecule has 2 amide bonds. The Morgan fingerprint density at radius 1 is 0.767 bits per heavy atom. The largest absolute Gasteiger partial charge is 0.340 e. The lowest BCUT2D eigenvalue weighted by Crippen LogP contribution is -2.57. The SMILES string of the molecule is CC(=O)N1CCN(C(C)C)C(c2ccccc2C2CC2CC(C)(C)N2CCN(C(C)=O)CC2c2ccccc2C(C)C)C1. The van der Waals surface area contributed by atoms with Gasteiger partial charge >= 0.3 is 0 Å². The average molecular weight is 587 g/mol. The van der Waals surface area contributed by atoms with Crippen LogP contribution < -0.4 is 0 Å².